The first-order chi connectivity index (χ1) is 16.9. The molecule has 2 heterocycles. The molecule has 4 aromatic carbocycles. The molecule has 0 saturated heterocycles. The van der Waals surface area contributed by atoms with Gasteiger partial charge in [0.2, 0.25) is 0 Å². The fourth-order valence-electron chi connectivity index (χ4n) is 5.32. The van der Waals surface area contributed by atoms with Gasteiger partial charge >= 0.3 is 0 Å². The van der Waals surface area contributed by atoms with Crippen molar-refractivity contribution in [3.05, 3.63) is 132 Å². The minimum absolute atomic E-state index is 0.624. The molecule has 2 heteroatoms. The van der Waals surface area contributed by atoms with Crippen LogP contribution in [0.2, 0.25) is 0 Å². The Morgan fingerprint density at radius 3 is 2.15 bits per heavy atom. The van der Waals surface area contributed by atoms with Crippen LogP contribution < -0.4 is 0 Å². The topological polar surface area (TPSA) is 25.8 Å². The Hall–Kier alpha value is -4.04. The monoisotopic (exact) mass is 438 g/mol. The van der Waals surface area contributed by atoms with Gasteiger partial charge in [0.25, 0.3) is 0 Å². The predicted molar refractivity (Wildman–Crippen MR) is 142 cm³/mol. The van der Waals surface area contributed by atoms with E-state index in [2.05, 4.69) is 82.8 Å². The van der Waals surface area contributed by atoms with Crippen LogP contribution in [0.15, 0.2) is 116 Å². The summed E-state index contributed by atoms with van der Waals surface area (Å²) in [6.07, 6.45) is 11.0. The Bertz CT molecular complexity index is 1520. The standard InChI is InChI=1S/C23H19N.C9H7N/c1-2-4-20-17(3-1)5-9-23-21-8-6-18(16-11-13-24-14-12-16)15-19(21)7-10-22(20)23;1-2-4-9-7-10-6-5-8(9)3-1/h1-5,7,9-14,18H,6,8,15H2;1-7H. The lowest BCUT2D eigenvalue weighted by Gasteiger charge is -2.26. The minimum atomic E-state index is 0.624. The summed E-state index contributed by atoms with van der Waals surface area (Å²) < 4.78 is 0. The molecule has 0 bridgehead atoms. The SMILES string of the molecule is c1ccc2c(c1)ccc1c3c(ccc12)CC(c1ccncc1)CC3.c1ccc2cnccc2c1. The average molecular weight is 439 g/mol. The number of rotatable bonds is 1. The normalized spacial score (nSPS) is 15.0. The van der Waals surface area contributed by atoms with Crippen LogP contribution in [0.3, 0.4) is 0 Å². The molecule has 164 valence electrons. The predicted octanol–water partition coefficient (Wildman–Crippen LogP) is 7.90. The largest absolute Gasteiger partial charge is 0.265 e. The number of fused-ring (bicyclic) bond motifs is 6. The molecule has 2 nitrogen and oxygen atoms in total. The fourth-order valence-corrected chi connectivity index (χ4v) is 5.32. The van der Waals surface area contributed by atoms with Crippen LogP contribution in [0.25, 0.3) is 32.3 Å². The molecule has 34 heavy (non-hydrogen) atoms. The molecule has 0 aliphatic heterocycles. The number of hydrogen-bond acceptors (Lipinski definition) is 2. The summed E-state index contributed by atoms with van der Waals surface area (Å²) in [5.41, 5.74) is 4.50. The van der Waals surface area contributed by atoms with E-state index in [4.69, 9.17) is 0 Å². The van der Waals surface area contributed by atoms with E-state index in [1.165, 1.54) is 49.9 Å². The van der Waals surface area contributed by atoms with E-state index in [1.807, 2.05) is 43.0 Å². The zero-order valence-corrected chi connectivity index (χ0v) is 19.1. The van der Waals surface area contributed by atoms with Gasteiger partial charge in [0.1, 0.15) is 0 Å². The Morgan fingerprint density at radius 1 is 0.559 bits per heavy atom. The van der Waals surface area contributed by atoms with Gasteiger partial charge in [-0.05, 0) is 92.4 Å². The van der Waals surface area contributed by atoms with Crippen LogP contribution in [0.4, 0.5) is 0 Å². The second kappa shape index (κ2) is 9.07. The summed E-state index contributed by atoms with van der Waals surface area (Å²) >= 11 is 0. The van der Waals surface area contributed by atoms with Gasteiger partial charge in [-0.1, -0.05) is 72.8 Å². The van der Waals surface area contributed by atoms with E-state index in [9.17, 15) is 0 Å². The number of hydrogen-bond donors (Lipinski definition) is 0. The number of benzene rings is 4. The van der Waals surface area contributed by atoms with Gasteiger partial charge < -0.3 is 0 Å². The summed E-state index contributed by atoms with van der Waals surface area (Å²) in [5.74, 6) is 0.624. The van der Waals surface area contributed by atoms with Gasteiger partial charge in [-0.2, -0.15) is 0 Å². The maximum atomic E-state index is 4.15. The van der Waals surface area contributed by atoms with Gasteiger partial charge in [-0.25, -0.2) is 0 Å². The lowest BCUT2D eigenvalue weighted by molar-refractivity contribution is 0.587. The Balaban J connectivity index is 0.000000182. The lowest BCUT2D eigenvalue weighted by atomic mass is 9.78. The summed E-state index contributed by atoms with van der Waals surface area (Å²) in [4.78, 5) is 8.17. The molecule has 1 aliphatic carbocycles. The first kappa shape index (κ1) is 20.6. The summed E-state index contributed by atoms with van der Waals surface area (Å²) in [6, 6.07) is 32.5. The van der Waals surface area contributed by atoms with Gasteiger partial charge in [0, 0.05) is 24.8 Å². The molecule has 7 rings (SSSR count). The highest BCUT2D eigenvalue weighted by Gasteiger charge is 2.21. The molecule has 0 N–H and O–H groups in total. The third-order valence-corrected chi connectivity index (χ3v) is 7.07. The maximum absolute atomic E-state index is 4.15. The number of aryl methyl sites for hydroxylation is 1. The van der Waals surface area contributed by atoms with E-state index in [0.717, 1.165) is 12.8 Å². The summed E-state index contributed by atoms with van der Waals surface area (Å²) in [7, 11) is 0. The molecule has 0 saturated carbocycles. The van der Waals surface area contributed by atoms with Crippen molar-refractivity contribution in [1.82, 2.24) is 9.97 Å². The smallest absolute Gasteiger partial charge is 0.0346 e. The molecule has 2 aromatic heterocycles. The Morgan fingerprint density at radius 2 is 1.29 bits per heavy atom. The van der Waals surface area contributed by atoms with E-state index >= 15 is 0 Å². The molecular weight excluding hydrogens is 412 g/mol. The number of aromatic nitrogens is 2. The Kier molecular flexibility index (Phi) is 5.48. The van der Waals surface area contributed by atoms with Crippen molar-refractivity contribution in [2.45, 2.75) is 25.2 Å². The van der Waals surface area contributed by atoms with Crippen LogP contribution in [-0.2, 0) is 12.8 Å². The molecule has 6 aromatic rings. The van der Waals surface area contributed by atoms with E-state index in [0.29, 0.717) is 5.92 Å². The minimum Gasteiger partial charge on any atom is -0.265 e. The molecule has 0 radical (unpaired) electrons. The van der Waals surface area contributed by atoms with E-state index in [1.54, 1.807) is 5.56 Å². The van der Waals surface area contributed by atoms with Crippen molar-refractivity contribution < 1.29 is 0 Å². The third-order valence-electron chi connectivity index (χ3n) is 7.07. The highest BCUT2D eigenvalue weighted by Crippen LogP contribution is 2.37. The van der Waals surface area contributed by atoms with Gasteiger partial charge in [-0.15, -0.1) is 0 Å². The van der Waals surface area contributed by atoms with Crippen LogP contribution in [0.1, 0.15) is 29.0 Å². The fraction of sp³-hybridized carbons (Fsp3) is 0.125. The second-order valence-corrected chi connectivity index (χ2v) is 9.03. The number of nitrogens with zero attached hydrogens (tertiary/aromatic N) is 2. The van der Waals surface area contributed by atoms with Crippen molar-refractivity contribution in [1.29, 1.82) is 0 Å². The van der Waals surface area contributed by atoms with Gasteiger partial charge in [0.15, 0.2) is 0 Å². The Labute approximate surface area is 199 Å². The van der Waals surface area contributed by atoms with E-state index < -0.39 is 0 Å². The van der Waals surface area contributed by atoms with Crippen LogP contribution in [0.5, 0.6) is 0 Å². The highest BCUT2D eigenvalue weighted by molar-refractivity contribution is 6.08. The van der Waals surface area contributed by atoms with Crippen LogP contribution in [0, 0.1) is 0 Å². The van der Waals surface area contributed by atoms with Crippen molar-refractivity contribution in [3.63, 3.8) is 0 Å². The first-order valence-electron chi connectivity index (χ1n) is 12.0. The molecule has 0 fully saturated rings. The zero-order chi connectivity index (χ0) is 22.7. The van der Waals surface area contributed by atoms with Crippen molar-refractivity contribution in [2.75, 3.05) is 0 Å². The third kappa shape index (κ3) is 3.92. The zero-order valence-electron chi connectivity index (χ0n) is 19.1. The molecule has 0 amide bonds. The van der Waals surface area contributed by atoms with Crippen LogP contribution >= 0.6 is 0 Å². The van der Waals surface area contributed by atoms with Crippen LogP contribution in [-0.4, -0.2) is 9.97 Å². The number of pyridine rings is 2. The molecular formula is C32H26N2. The lowest BCUT2D eigenvalue weighted by Crippen LogP contribution is -2.13. The van der Waals surface area contributed by atoms with Crippen molar-refractivity contribution in [2.24, 2.45) is 0 Å². The molecule has 1 unspecified atom stereocenters. The van der Waals surface area contributed by atoms with Crippen molar-refractivity contribution >= 4 is 32.3 Å². The molecule has 0 spiro atoms. The first-order valence-corrected chi connectivity index (χ1v) is 12.0. The second-order valence-electron chi connectivity index (χ2n) is 9.03. The van der Waals surface area contributed by atoms with Crippen molar-refractivity contribution in [3.8, 4) is 0 Å². The summed E-state index contributed by atoms with van der Waals surface area (Å²) in [5, 5.41) is 7.99. The summed E-state index contributed by atoms with van der Waals surface area (Å²) in [6.45, 7) is 0. The van der Waals surface area contributed by atoms with Gasteiger partial charge in [0.05, 0.1) is 0 Å². The van der Waals surface area contributed by atoms with Gasteiger partial charge in [-0.3, -0.25) is 9.97 Å². The van der Waals surface area contributed by atoms with E-state index in [-0.39, 0.29) is 0 Å². The molecule has 1 atom stereocenters. The maximum Gasteiger partial charge on any atom is 0.0346 e. The highest BCUT2D eigenvalue weighted by atomic mass is 14.6. The molecule has 1 aliphatic rings. The quantitative estimate of drug-likeness (QED) is 0.244. The average Bonchev–Trinajstić information content (AvgIpc) is 2.93.